The predicted molar refractivity (Wildman–Crippen MR) is 95.6 cm³/mol. The minimum Gasteiger partial charge on any atom is -0.374 e. The molecule has 0 saturated heterocycles. The van der Waals surface area contributed by atoms with Gasteiger partial charge in [-0.1, -0.05) is 18.2 Å². The van der Waals surface area contributed by atoms with E-state index >= 15 is 0 Å². The normalized spacial score (nSPS) is 11.4. The summed E-state index contributed by atoms with van der Waals surface area (Å²) in [7, 11) is -0.723. The Labute approximate surface area is 146 Å². The minimum atomic E-state index is -3.60. The number of benzene rings is 2. The van der Waals surface area contributed by atoms with Crippen molar-refractivity contribution in [2.24, 2.45) is 0 Å². The van der Waals surface area contributed by atoms with Crippen molar-refractivity contribution in [1.29, 1.82) is 0 Å². The zero-order chi connectivity index (χ0) is 18.6. The summed E-state index contributed by atoms with van der Waals surface area (Å²) in [6.07, 6.45) is 0. The van der Waals surface area contributed by atoms with Gasteiger partial charge in [0.1, 0.15) is 5.82 Å². The third-order valence-electron chi connectivity index (χ3n) is 3.57. The molecular weight excluding hydrogens is 345 g/mol. The molecule has 2 aromatic rings. The van der Waals surface area contributed by atoms with Crippen LogP contribution in [0.5, 0.6) is 0 Å². The van der Waals surface area contributed by atoms with E-state index in [2.05, 4.69) is 10.6 Å². The number of para-hydroxylation sites is 1. The van der Waals surface area contributed by atoms with Crippen molar-refractivity contribution >= 4 is 27.3 Å². The quantitative estimate of drug-likeness (QED) is 0.824. The van der Waals surface area contributed by atoms with Gasteiger partial charge < -0.3 is 10.6 Å². The predicted octanol–water partition coefficient (Wildman–Crippen LogP) is 2.44. The maximum absolute atomic E-state index is 13.5. The average Bonchev–Trinajstić information content (AvgIpc) is 2.55. The molecule has 8 heteroatoms. The highest BCUT2D eigenvalue weighted by molar-refractivity contribution is 7.89. The highest BCUT2D eigenvalue weighted by atomic mass is 32.2. The van der Waals surface area contributed by atoms with E-state index < -0.39 is 21.7 Å². The fourth-order valence-corrected chi connectivity index (χ4v) is 3.01. The van der Waals surface area contributed by atoms with Crippen molar-refractivity contribution in [3.8, 4) is 0 Å². The smallest absolute Gasteiger partial charge is 0.243 e. The van der Waals surface area contributed by atoms with Crippen LogP contribution in [0.4, 0.5) is 15.8 Å². The molecule has 0 spiro atoms. The fourth-order valence-electron chi connectivity index (χ4n) is 2.08. The first kappa shape index (κ1) is 18.9. The van der Waals surface area contributed by atoms with Crippen LogP contribution in [-0.2, 0) is 14.8 Å². The highest BCUT2D eigenvalue weighted by Gasteiger charge is 2.18. The molecule has 0 saturated carbocycles. The topological polar surface area (TPSA) is 78.5 Å². The number of amides is 1. The van der Waals surface area contributed by atoms with E-state index in [-0.39, 0.29) is 17.1 Å². The van der Waals surface area contributed by atoms with Gasteiger partial charge in [-0.25, -0.2) is 17.1 Å². The van der Waals surface area contributed by atoms with Crippen molar-refractivity contribution in [2.45, 2.75) is 11.8 Å². The third kappa shape index (κ3) is 4.55. The van der Waals surface area contributed by atoms with Gasteiger partial charge in [-0.3, -0.25) is 4.79 Å². The Morgan fingerprint density at radius 2 is 1.80 bits per heavy atom. The lowest BCUT2D eigenvalue weighted by molar-refractivity contribution is -0.114. The molecular formula is C17H20FN3O3S. The summed E-state index contributed by atoms with van der Waals surface area (Å²) in [5.41, 5.74) is 1.33. The summed E-state index contributed by atoms with van der Waals surface area (Å²) >= 11 is 0. The number of halogens is 1. The van der Waals surface area contributed by atoms with Crippen molar-refractivity contribution in [3.05, 3.63) is 53.8 Å². The van der Waals surface area contributed by atoms with Gasteiger partial charge in [-0.2, -0.15) is 0 Å². The highest BCUT2D eigenvalue weighted by Crippen LogP contribution is 2.22. The van der Waals surface area contributed by atoms with E-state index in [1.807, 2.05) is 0 Å². The number of carbonyl (C=O) groups is 1. The lowest BCUT2D eigenvalue weighted by Gasteiger charge is -2.15. The lowest BCUT2D eigenvalue weighted by Crippen LogP contribution is -2.24. The summed E-state index contributed by atoms with van der Waals surface area (Å²) in [5.74, 6) is -0.865. The van der Waals surface area contributed by atoms with Gasteiger partial charge in [0, 0.05) is 19.8 Å². The Morgan fingerprint density at radius 3 is 2.44 bits per heavy atom. The summed E-state index contributed by atoms with van der Waals surface area (Å²) in [5, 5.41) is 5.35. The van der Waals surface area contributed by atoms with Crippen molar-refractivity contribution in [2.75, 3.05) is 31.3 Å². The number of nitrogens with zero attached hydrogens (tertiary/aromatic N) is 1. The average molecular weight is 365 g/mol. The molecule has 0 aromatic heterocycles. The molecule has 0 bridgehead atoms. The number of carbonyl (C=O) groups excluding carboxylic acids is 1. The van der Waals surface area contributed by atoms with Gasteiger partial charge in [0.05, 0.1) is 17.1 Å². The molecule has 2 rings (SSSR count). The van der Waals surface area contributed by atoms with Crippen LogP contribution in [0.15, 0.2) is 47.4 Å². The molecule has 0 fully saturated rings. The maximum Gasteiger partial charge on any atom is 0.243 e. The van der Waals surface area contributed by atoms with E-state index in [1.54, 1.807) is 25.1 Å². The number of aryl methyl sites for hydroxylation is 1. The summed E-state index contributed by atoms with van der Waals surface area (Å²) in [6, 6.07) is 10.5. The summed E-state index contributed by atoms with van der Waals surface area (Å²) in [6.45, 7) is 1.61. The fraction of sp³-hybridized carbons (Fsp3) is 0.235. The van der Waals surface area contributed by atoms with Crippen LogP contribution in [0.25, 0.3) is 0 Å². The molecule has 0 aliphatic heterocycles. The number of nitrogens with one attached hydrogen (secondary N) is 2. The monoisotopic (exact) mass is 365 g/mol. The van der Waals surface area contributed by atoms with Gasteiger partial charge in [0.15, 0.2) is 0 Å². The number of sulfonamides is 1. The van der Waals surface area contributed by atoms with Crippen LogP contribution in [0.1, 0.15) is 5.56 Å². The SMILES string of the molecule is Cc1ccc(S(=O)(=O)N(C)C)cc1NC(=O)CNc1ccccc1F. The number of anilines is 2. The van der Waals surface area contributed by atoms with Crippen molar-refractivity contribution < 1.29 is 17.6 Å². The molecule has 2 aromatic carbocycles. The van der Waals surface area contributed by atoms with Crippen LogP contribution in [-0.4, -0.2) is 39.3 Å². The first-order valence-electron chi connectivity index (χ1n) is 7.53. The lowest BCUT2D eigenvalue weighted by atomic mass is 10.2. The van der Waals surface area contributed by atoms with E-state index in [4.69, 9.17) is 0 Å². The number of hydrogen-bond acceptors (Lipinski definition) is 4. The Balaban J connectivity index is 2.12. The molecule has 0 unspecified atom stereocenters. The zero-order valence-electron chi connectivity index (χ0n) is 14.2. The van der Waals surface area contributed by atoms with Gasteiger partial charge in [0.25, 0.3) is 0 Å². The molecule has 2 N–H and O–H groups in total. The second-order valence-corrected chi connectivity index (χ2v) is 7.80. The van der Waals surface area contributed by atoms with E-state index in [0.717, 1.165) is 9.87 Å². The molecule has 0 aliphatic rings. The van der Waals surface area contributed by atoms with Crippen LogP contribution >= 0.6 is 0 Å². The number of hydrogen-bond donors (Lipinski definition) is 2. The standard InChI is InChI=1S/C17H20FN3O3S/c1-12-8-9-13(25(23,24)21(2)3)10-16(12)20-17(22)11-19-15-7-5-4-6-14(15)18/h4-10,19H,11H2,1-3H3,(H,20,22). The van der Waals surface area contributed by atoms with Gasteiger partial charge in [0.2, 0.25) is 15.9 Å². The second kappa shape index (κ2) is 7.62. The second-order valence-electron chi connectivity index (χ2n) is 5.65. The van der Waals surface area contributed by atoms with Gasteiger partial charge in [-0.05, 0) is 36.8 Å². The van der Waals surface area contributed by atoms with E-state index in [9.17, 15) is 17.6 Å². The molecule has 25 heavy (non-hydrogen) atoms. The van der Waals surface area contributed by atoms with Crippen LogP contribution in [0.2, 0.25) is 0 Å². The Kier molecular flexibility index (Phi) is 5.76. The Hall–Kier alpha value is -2.45. The summed E-state index contributed by atoms with van der Waals surface area (Å²) < 4.78 is 39.0. The zero-order valence-corrected chi connectivity index (χ0v) is 15.0. The molecule has 0 radical (unpaired) electrons. The van der Waals surface area contributed by atoms with Gasteiger partial charge in [-0.15, -0.1) is 0 Å². The molecule has 0 heterocycles. The van der Waals surface area contributed by atoms with Crippen molar-refractivity contribution in [1.82, 2.24) is 4.31 Å². The van der Waals surface area contributed by atoms with Crippen LogP contribution in [0, 0.1) is 12.7 Å². The molecule has 1 amide bonds. The molecule has 134 valence electrons. The van der Waals surface area contributed by atoms with Crippen molar-refractivity contribution in [3.63, 3.8) is 0 Å². The van der Waals surface area contributed by atoms with Gasteiger partial charge >= 0.3 is 0 Å². The Morgan fingerprint density at radius 1 is 1.12 bits per heavy atom. The number of rotatable bonds is 6. The minimum absolute atomic E-state index is 0.0838. The Bertz CT molecular complexity index is 882. The van der Waals surface area contributed by atoms with Crippen LogP contribution < -0.4 is 10.6 Å². The first-order valence-corrected chi connectivity index (χ1v) is 8.97. The van der Waals surface area contributed by atoms with E-state index in [0.29, 0.717) is 5.69 Å². The van der Waals surface area contributed by atoms with E-state index in [1.165, 1.54) is 38.4 Å². The molecule has 6 nitrogen and oxygen atoms in total. The van der Waals surface area contributed by atoms with Crippen LogP contribution in [0.3, 0.4) is 0 Å². The largest absolute Gasteiger partial charge is 0.374 e. The molecule has 0 aliphatic carbocycles. The molecule has 0 atom stereocenters. The maximum atomic E-state index is 13.5. The third-order valence-corrected chi connectivity index (χ3v) is 5.39. The first-order chi connectivity index (χ1) is 11.7. The summed E-state index contributed by atoms with van der Waals surface area (Å²) in [4.78, 5) is 12.2.